The molecule has 0 radical (unpaired) electrons. The van der Waals surface area contributed by atoms with Crippen LogP contribution in [0.2, 0.25) is 5.02 Å². The maximum absolute atomic E-state index is 12.7. The molecule has 0 fully saturated rings. The van der Waals surface area contributed by atoms with Crippen molar-refractivity contribution >= 4 is 51.5 Å². The number of carbonyl (C=O) groups excluding carboxylic acids is 2. The molecule has 0 atom stereocenters. The minimum atomic E-state index is -0.337. The lowest BCUT2D eigenvalue weighted by Gasteiger charge is -2.16. The zero-order valence-electron chi connectivity index (χ0n) is 20.0. The quantitative estimate of drug-likeness (QED) is 0.187. The Kier molecular flexibility index (Phi) is 6.80. The van der Waals surface area contributed by atoms with Crippen LogP contribution in [0.3, 0.4) is 0 Å². The molecule has 0 unspecified atom stereocenters. The Hall–Kier alpha value is -5.08. The lowest BCUT2D eigenvalue weighted by Crippen LogP contribution is -2.13. The Morgan fingerprint density at radius 2 is 1.74 bits per heavy atom. The molecule has 0 aliphatic carbocycles. The van der Waals surface area contributed by atoms with E-state index in [0.29, 0.717) is 39.0 Å². The zero-order valence-corrected chi connectivity index (χ0v) is 20.7. The first-order valence-electron chi connectivity index (χ1n) is 11.5. The molecule has 0 spiro atoms. The van der Waals surface area contributed by atoms with Gasteiger partial charge < -0.3 is 16.4 Å². The number of hydrogen-bond acceptors (Lipinski definition) is 6. The number of halogens is 1. The van der Waals surface area contributed by atoms with Gasteiger partial charge in [-0.25, -0.2) is 15.0 Å². The van der Waals surface area contributed by atoms with Crippen molar-refractivity contribution in [2.45, 2.75) is 0 Å². The van der Waals surface area contributed by atoms with Crippen LogP contribution in [0.1, 0.15) is 10.4 Å². The van der Waals surface area contributed by atoms with Crippen molar-refractivity contribution < 1.29 is 9.59 Å². The largest absolute Gasteiger partial charge is 0.398 e. The predicted molar refractivity (Wildman–Crippen MR) is 151 cm³/mol. The molecule has 0 aliphatic heterocycles. The third kappa shape index (κ3) is 4.80. The summed E-state index contributed by atoms with van der Waals surface area (Å²) >= 11 is 6.77. The highest BCUT2D eigenvalue weighted by molar-refractivity contribution is 6.36. The number of nitrogens with zero attached hydrogens (tertiary/aromatic N) is 3. The standard InChI is InChI=1S/C29H21ClN6O2/c1-2-24(37)35-19-10-6-9-18(13-19)21-14-22(26(31)23-15-32-16-34-27(21)23)20-11-12-33-28(25(20)30)36-29(38)17-7-4-3-5-8-17/h2-16H,1,31H2,(H,35,37)(H,33,36,38). The van der Waals surface area contributed by atoms with Gasteiger partial charge in [0, 0.05) is 45.7 Å². The average molecular weight is 521 g/mol. The van der Waals surface area contributed by atoms with Gasteiger partial charge in [0.05, 0.1) is 16.2 Å². The van der Waals surface area contributed by atoms with Crippen LogP contribution >= 0.6 is 11.6 Å². The van der Waals surface area contributed by atoms with E-state index in [4.69, 9.17) is 17.3 Å². The van der Waals surface area contributed by atoms with Gasteiger partial charge in [0.15, 0.2) is 5.82 Å². The van der Waals surface area contributed by atoms with Crippen molar-refractivity contribution in [3.05, 3.63) is 109 Å². The van der Waals surface area contributed by atoms with E-state index in [0.717, 1.165) is 11.1 Å². The van der Waals surface area contributed by atoms with Crippen molar-refractivity contribution in [3.63, 3.8) is 0 Å². The maximum Gasteiger partial charge on any atom is 0.256 e. The molecule has 3 aromatic carbocycles. The molecule has 0 aliphatic rings. The Balaban J connectivity index is 1.63. The molecule has 186 valence electrons. The summed E-state index contributed by atoms with van der Waals surface area (Å²) < 4.78 is 0. The zero-order chi connectivity index (χ0) is 26.6. The van der Waals surface area contributed by atoms with Crippen LogP contribution in [0.25, 0.3) is 33.2 Å². The molecule has 5 aromatic rings. The van der Waals surface area contributed by atoms with Crippen LogP contribution in [-0.2, 0) is 4.79 Å². The van der Waals surface area contributed by atoms with Gasteiger partial charge in [-0.05, 0) is 48.0 Å². The maximum atomic E-state index is 12.7. The number of pyridine rings is 1. The highest BCUT2D eigenvalue weighted by Crippen LogP contribution is 2.42. The first-order chi connectivity index (χ1) is 18.5. The number of nitrogens with two attached hydrogens (primary N) is 1. The molecule has 9 heteroatoms. The molecular weight excluding hydrogens is 500 g/mol. The van der Waals surface area contributed by atoms with Gasteiger partial charge in [0.2, 0.25) is 5.91 Å². The summed E-state index contributed by atoms with van der Waals surface area (Å²) in [5.74, 6) is -0.449. The number of anilines is 3. The van der Waals surface area contributed by atoms with Crippen molar-refractivity contribution in [1.29, 1.82) is 0 Å². The SMILES string of the molecule is C=CC(=O)Nc1cccc(-c2cc(-c3ccnc(NC(=O)c4ccccc4)c3Cl)c(N)c3cncnc23)c1. The van der Waals surface area contributed by atoms with Crippen LogP contribution in [0.5, 0.6) is 0 Å². The third-order valence-electron chi connectivity index (χ3n) is 5.91. The second kappa shape index (κ2) is 10.5. The fourth-order valence-corrected chi connectivity index (χ4v) is 4.35. The first-order valence-corrected chi connectivity index (χ1v) is 11.9. The van der Waals surface area contributed by atoms with E-state index in [1.807, 2.05) is 30.3 Å². The summed E-state index contributed by atoms with van der Waals surface area (Å²) in [7, 11) is 0. The molecule has 2 aromatic heterocycles. The third-order valence-corrected chi connectivity index (χ3v) is 6.29. The average Bonchev–Trinajstić information content (AvgIpc) is 2.95. The molecule has 2 amide bonds. The molecule has 8 nitrogen and oxygen atoms in total. The number of rotatable bonds is 6. The summed E-state index contributed by atoms with van der Waals surface area (Å²) in [5, 5.41) is 6.41. The second-order valence-corrected chi connectivity index (χ2v) is 8.66. The van der Waals surface area contributed by atoms with Gasteiger partial charge in [0.25, 0.3) is 5.91 Å². The van der Waals surface area contributed by atoms with Crippen LogP contribution in [0, 0.1) is 0 Å². The van der Waals surface area contributed by atoms with Crippen LogP contribution < -0.4 is 16.4 Å². The predicted octanol–water partition coefficient (Wildman–Crippen LogP) is 5.97. The van der Waals surface area contributed by atoms with E-state index in [1.165, 1.54) is 12.4 Å². The number of carbonyl (C=O) groups is 2. The summed E-state index contributed by atoms with van der Waals surface area (Å²) in [6.07, 6.45) is 5.85. The number of amides is 2. The van der Waals surface area contributed by atoms with Crippen molar-refractivity contribution in [3.8, 4) is 22.3 Å². The lowest BCUT2D eigenvalue weighted by molar-refractivity contribution is -0.111. The van der Waals surface area contributed by atoms with E-state index < -0.39 is 0 Å². The van der Waals surface area contributed by atoms with E-state index in [9.17, 15) is 9.59 Å². The van der Waals surface area contributed by atoms with E-state index in [2.05, 4.69) is 32.2 Å². The number of nitrogen functional groups attached to an aromatic ring is 1. The number of nitrogens with one attached hydrogen (secondary N) is 2. The van der Waals surface area contributed by atoms with E-state index >= 15 is 0 Å². The number of fused-ring (bicyclic) bond motifs is 1. The van der Waals surface area contributed by atoms with E-state index in [-0.39, 0.29) is 22.7 Å². The van der Waals surface area contributed by atoms with Crippen molar-refractivity contribution in [2.24, 2.45) is 0 Å². The van der Waals surface area contributed by atoms with Gasteiger partial charge in [-0.1, -0.05) is 48.5 Å². The molecule has 4 N–H and O–H groups in total. The normalized spacial score (nSPS) is 10.7. The Labute approximate surface area is 223 Å². The number of hydrogen-bond donors (Lipinski definition) is 3. The molecule has 0 saturated carbocycles. The first kappa shape index (κ1) is 24.6. The fraction of sp³-hybridized carbons (Fsp3) is 0. The van der Waals surface area contributed by atoms with Crippen LogP contribution in [0.4, 0.5) is 17.2 Å². The molecule has 0 saturated heterocycles. The van der Waals surface area contributed by atoms with Gasteiger partial charge >= 0.3 is 0 Å². The molecular formula is C29H21ClN6O2. The Morgan fingerprint density at radius 1 is 0.921 bits per heavy atom. The van der Waals surface area contributed by atoms with Gasteiger partial charge in [0.1, 0.15) is 6.33 Å². The molecule has 0 bridgehead atoms. The monoisotopic (exact) mass is 520 g/mol. The number of benzene rings is 3. The Morgan fingerprint density at radius 3 is 2.53 bits per heavy atom. The highest BCUT2D eigenvalue weighted by Gasteiger charge is 2.19. The molecule has 38 heavy (non-hydrogen) atoms. The van der Waals surface area contributed by atoms with Gasteiger partial charge in [-0.3, -0.25) is 9.59 Å². The highest BCUT2D eigenvalue weighted by atomic mass is 35.5. The van der Waals surface area contributed by atoms with Crippen LogP contribution in [0.15, 0.2) is 98.1 Å². The summed E-state index contributed by atoms with van der Waals surface area (Å²) in [4.78, 5) is 37.5. The topological polar surface area (TPSA) is 123 Å². The summed E-state index contributed by atoms with van der Waals surface area (Å²) in [5.41, 5.74) is 11.5. The Bertz CT molecular complexity index is 1710. The summed E-state index contributed by atoms with van der Waals surface area (Å²) in [6.45, 7) is 3.50. The van der Waals surface area contributed by atoms with Gasteiger partial charge in [-0.2, -0.15) is 0 Å². The van der Waals surface area contributed by atoms with Gasteiger partial charge in [-0.15, -0.1) is 0 Å². The minimum absolute atomic E-state index is 0.206. The fourth-order valence-electron chi connectivity index (χ4n) is 4.09. The number of aromatic nitrogens is 3. The molecule has 5 rings (SSSR count). The smallest absolute Gasteiger partial charge is 0.256 e. The summed E-state index contributed by atoms with van der Waals surface area (Å²) in [6, 6.07) is 19.7. The van der Waals surface area contributed by atoms with Crippen molar-refractivity contribution in [2.75, 3.05) is 16.4 Å². The molecule has 2 heterocycles. The lowest BCUT2D eigenvalue weighted by atomic mass is 9.94. The van der Waals surface area contributed by atoms with Crippen molar-refractivity contribution in [1.82, 2.24) is 15.0 Å². The minimum Gasteiger partial charge on any atom is -0.398 e. The van der Waals surface area contributed by atoms with Crippen LogP contribution in [-0.4, -0.2) is 26.8 Å². The van der Waals surface area contributed by atoms with E-state index in [1.54, 1.807) is 48.8 Å². The second-order valence-electron chi connectivity index (χ2n) is 8.29.